The summed E-state index contributed by atoms with van der Waals surface area (Å²) in [4.78, 5) is 24.2. The number of hydrogen-bond donors (Lipinski definition) is 0. The van der Waals surface area contributed by atoms with Crippen molar-refractivity contribution < 1.29 is 19.1 Å². The summed E-state index contributed by atoms with van der Waals surface area (Å²) in [6.45, 7) is 2.48. The SMILES string of the molecule is Cc1ccc2c(c1)C(=O)C1=C(OCCO1)C2=O. The minimum absolute atomic E-state index is 0.0533. The van der Waals surface area contributed by atoms with Crippen LogP contribution in [0.2, 0.25) is 0 Å². The van der Waals surface area contributed by atoms with Crippen LogP contribution in [0.25, 0.3) is 0 Å². The average molecular weight is 230 g/mol. The van der Waals surface area contributed by atoms with Gasteiger partial charge in [-0.2, -0.15) is 0 Å². The molecule has 0 saturated heterocycles. The van der Waals surface area contributed by atoms with E-state index in [1.54, 1.807) is 18.2 Å². The van der Waals surface area contributed by atoms with Crippen LogP contribution in [0.5, 0.6) is 0 Å². The lowest BCUT2D eigenvalue weighted by atomic mass is 9.90. The maximum absolute atomic E-state index is 12.1. The topological polar surface area (TPSA) is 52.6 Å². The molecule has 0 N–H and O–H groups in total. The third kappa shape index (κ3) is 1.37. The Labute approximate surface area is 97.8 Å². The molecular formula is C13H10O4. The molecule has 0 saturated carbocycles. The molecule has 1 aliphatic heterocycles. The third-order valence-corrected chi connectivity index (χ3v) is 2.86. The van der Waals surface area contributed by atoms with Crippen molar-refractivity contribution in [2.24, 2.45) is 0 Å². The second-order valence-electron chi connectivity index (χ2n) is 4.06. The van der Waals surface area contributed by atoms with Crippen molar-refractivity contribution in [3.63, 3.8) is 0 Å². The van der Waals surface area contributed by atoms with Gasteiger partial charge >= 0.3 is 0 Å². The number of benzene rings is 1. The van der Waals surface area contributed by atoms with Crippen LogP contribution >= 0.6 is 0 Å². The van der Waals surface area contributed by atoms with Gasteiger partial charge in [0.25, 0.3) is 0 Å². The fourth-order valence-corrected chi connectivity index (χ4v) is 2.04. The van der Waals surface area contributed by atoms with E-state index < -0.39 is 0 Å². The first kappa shape index (κ1) is 10.1. The molecular weight excluding hydrogens is 220 g/mol. The van der Waals surface area contributed by atoms with Crippen molar-refractivity contribution in [3.05, 3.63) is 46.4 Å². The predicted octanol–water partition coefficient (Wildman–Crippen LogP) is 1.63. The molecule has 86 valence electrons. The van der Waals surface area contributed by atoms with Crippen molar-refractivity contribution in [2.75, 3.05) is 13.2 Å². The number of rotatable bonds is 0. The van der Waals surface area contributed by atoms with Gasteiger partial charge in [0, 0.05) is 11.1 Å². The molecule has 0 spiro atoms. The second-order valence-corrected chi connectivity index (χ2v) is 4.06. The minimum atomic E-state index is -0.269. The first-order valence-electron chi connectivity index (χ1n) is 5.38. The number of hydrogen-bond acceptors (Lipinski definition) is 4. The van der Waals surface area contributed by atoms with Gasteiger partial charge in [-0.15, -0.1) is 0 Å². The number of carbonyl (C=O) groups excluding carboxylic acids is 2. The molecule has 1 aromatic rings. The zero-order chi connectivity index (χ0) is 12.0. The second kappa shape index (κ2) is 3.45. The van der Waals surface area contributed by atoms with Crippen molar-refractivity contribution in [1.82, 2.24) is 0 Å². The van der Waals surface area contributed by atoms with Gasteiger partial charge in [0.15, 0.2) is 0 Å². The van der Waals surface area contributed by atoms with Gasteiger partial charge in [-0.3, -0.25) is 9.59 Å². The van der Waals surface area contributed by atoms with E-state index in [1.165, 1.54) is 0 Å². The van der Waals surface area contributed by atoms with Crippen LogP contribution in [0, 0.1) is 6.92 Å². The van der Waals surface area contributed by atoms with Crippen molar-refractivity contribution in [3.8, 4) is 0 Å². The van der Waals surface area contributed by atoms with E-state index in [4.69, 9.17) is 9.47 Å². The van der Waals surface area contributed by atoms with Crippen molar-refractivity contribution in [2.45, 2.75) is 6.92 Å². The summed E-state index contributed by atoms with van der Waals surface area (Å²) in [6, 6.07) is 5.17. The molecule has 1 aliphatic carbocycles. The largest absolute Gasteiger partial charge is 0.483 e. The summed E-state index contributed by atoms with van der Waals surface area (Å²) in [5.74, 6) is -0.427. The molecule has 0 atom stereocenters. The molecule has 0 bridgehead atoms. The van der Waals surface area contributed by atoms with E-state index in [9.17, 15) is 9.59 Å². The fraction of sp³-hybridized carbons (Fsp3) is 0.231. The number of aryl methyl sites for hydroxylation is 1. The molecule has 0 unspecified atom stereocenters. The molecule has 0 aromatic heterocycles. The third-order valence-electron chi connectivity index (χ3n) is 2.86. The lowest BCUT2D eigenvalue weighted by Gasteiger charge is -2.25. The van der Waals surface area contributed by atoms with Crippen LogP contribution in [0.1, 0.15) is 26.3 Å². The Morgan fingerprint density at radius 3 is 2.18 bits per heavy atom. The number of allylic oxidation sites excluding steroid dienone is 2. The zero-order valence-electron chi connectivity index (χ0n) is 9.28. The molecule has 1 heterocycles. The summed E-state index contributed by atoms with van der Waals surface area (Å²) in [6.07, 6.45) is 0. The monoisotopic (exact) mass is 230 g/mol. The van der Waals surface area contributed by atoms with Crippen LogP contribution in [0.3, 0.4) is 0 Å². The summed E-state index contributed by atoms with van der Waals surface area (Å²) < 4.78 is 10.5. The highest BCUT2D eigenvalue weighted by Gasteiger charge is 2.36. The summed E-state index contributed by atoms with van der Waals surface area (Å²) in [7, 11) is 0. The van der Waals surface area contributed by atoms with E-state index in [1.807, 2.05) is 6.92 Å². The first-order chi connectivity index (χ1) is 8.18. The molecule has 17 heavy (non-hydrogen) atoms. The molecule has 4 heteroatoms. The van der Waals surface area contributed by atoms with E-state index in [0.29, 0.717) is 24.3 Å². The highest BCUT2D eigenvalue weighted by atomic mass is 16.6. The van der Waals surface area contributed by atoms with E-state index >= 15 is 0 Å². The predicted molar refractivity (Wildman–Crippen MR) is 58.8 cm³/mol. The van der Waals surface area contributed by atoms with Crippen LogP contribution in [0.15, 0.2) is 29.7 Å². The molecule has 0 fully saturated rings. The molecule has 0 amide bonds. The molecule has 0 radical (unpaired) electrons. The van der Waals surface area contributed by atoms with E-state index in [-0.39, 0.29) is 23.1 Å². The fourth-order valence-electron chi connectivity index (χ4n) is 2.04. The maximum Gasteiger partial charge on any atom is 0.232 e. The van der Waals surface area contributed by atoms with Gasteiger partial charge < -0.3 is 9.47 Å². The van der Waals surface area contributed by atoms with E-state index in [2.05, 4.69) is 0 Å². The highest BCUT2D eigenvalue weighted by molar-refractivity contribution is 6.25. The van der Waals surface area contributed by atoms with E-state index in [0.717, 1.165) is 5.56 Å². The van der Waals surface area contributed by atoms with Crippen molar-refractivity contribution in [1.29, 1.82) is 0 Å². The quantitative estimate of drug-likeness (QED) is 0.679. The van der Waals surface area contributed by atoms with Crippen LogP contribution in [0.4, 0.5) is 0 Å². The smallest absolute Gasteiger partial charge is 0.232 e. The Hall–Kier alpha value is -2.10. The van der Waals surface area contributed by atoms with Gasteiger partial charge in [0.2, 0.25) is 23.1 Å². The molecule has 2 aliphatic rings. The number of fused-ring (bicyclic) bond motifs is 1. The van der Waals surface area contributed by atoms with Gasteiger partial charge in [0.05, 0.1) is 0 Å². The minimum Gasteiger partial charge on any atom is -0.483 e. The Kier molecular flexibility index (Phi) is 2.04. The molecule has 3 rings (SSSR count). The van der Waals surface area contributed by atoms with Gasteiger partial charge in [-0.25, -0.2) is 0 Å². The van der Waals surface area contributed by atoms with Gasteiger partial charge in [0.1, 0.15) is 13.2 Å². The Bertz CT molecular complexity index is 569. The number of Topliss-reactive ketones (excluding diaryl/α,β-unsaturated/α-hetero) is 2. The Morgan fingerprint density at radius 1 is 0.941 bits per heavy atom. The number of carbonyl (C=O) groups is 2. The first-order valence-corrected chi connectivity index (χ1v) is 5.38. The Balaban J connectivity index is 2.22. The molecule has 4 nitrogen and oxygen atoms in total. The Morgan fingerprint density at radius 2 is 1.53 bits per heavy atom. The van der Waals surface area contributed by atoms with Crippen LogP contribution in [-0.2, 0) is 9.47 Å². The number of ketones is 2. The van der Waals surface area contributed by atoms with Crippen LogP contribution < -0.4 is 0 Å². The van der Waals surface area contributed by atoms with Crippen molar-refractivity contribution >= 4 is 11.6 Å². The maximum atomic E-state index is 12.1. The standard InChI is InChI=1S/C13H10O4/c1-7-2-3-8-9(6-7)11(15)13-12(10(8)14)16-4-5-17-13/h2-3,6H,4-5H2,1H3. The lowest BCUT2D eigenvalue weighted by Crippen LogP contribution is -2.29. The normalized spacial score (nSPS) is 18.2. The number of ether oxygens (including phenoxy) is 2. The summed E-state index contributed by atoms with van der Waals surface area (Å²) in [5, 5.41) is 0. The summed E-state index contributed by atoms with van der Waals surface area (Å²) >= 11 is 0. The summed E-state index contributed by atoms with van der Waals surface area (Å²) in [5.41, 5.74) is 1.73. The van der Waals surface area contributed by atoms with Gasteiger partial charge in [-0.1, -0.05) is 11.6 Å². The van der Waals surface area contributed by atoms with Crippen LogP contribution in [-0.4, -0.2) is 24.8 Å². The zero-order valence-corrected chi connectivity index (χ0v) is 9.28. The average Bonchev–Trinajstić information content (AvgIpc) is 2.36. The molecule has 1 aromatic carbocycles. The van der Waals surface area contributed by atoms with Gasteiger partial charge in [-0.05, 0) is 19.1 Å². The highest BCUT2D eigenvalue weighted by Crippen LogP contribution is 2.30. The lowest BCUT2D eigenvalue weighted by molar-refractivity contribution is 0.0436.